The maximum Gasteiger partial charge on any atom is 0.252 e. The zero-order valence-electron chi connectivity index (χ0n) is 38.4. The molecule has 2 heterocycles. The number of benzene rings is 4. The van der Waals surface area contributed by atoms with Gasteiger partial charge < -0.3 is 31.9 Å². The molecule has 0 aromatic heterocycles. The molecular weight excluding hydrogens is 873 g/mol. The van der Waals surface area contributed by atoms with Crippen molar-refractivity contribution in [2.24, 2.45) is 0 Å². The zero-order chi connectivity index (χ0) is 47.4. The minimum atomic E-state index is -0.996. The van der Waals surface area contributed by atoms with Crippen molar-refractivity contribution >= 4 is 59.0 Å². The first-order valence-electron chi connectivity index (χ1n) is 22.5. The van der Waals surface area contributed by atoms with Crippen LogP contribution in [0.1, 0.15) is 84.5 Å². The van der Waals surface area contributed by atoms with Crippen molar-refractivity contribution in [1.82, 2.24) is 42.5 Å². The van der Waals surface area contributed by atoms with Crippen LogP contribution in [-0.4, -0.2) is 106 Å². The Bertz CT molecular complexity index is 2190. The predicted molar refractivity (Wildman–Crippen MR) is 262 cm³/mol. The lowest BCUT2D eigenvalue weighted by atomic mass is 9.99. The molecule has 6 atom stereocenters. The molecule has 2 aliphatic heterocycles. The quantitative estimate of drug-likeness (QED) is 0.0639. The molecule has 66 heavy (non-hydrogen) atoms. The third-order valence-corrected chi connectivity index (χ3v) is 14.6. The Labute approximate surface area is 396 Å². The van der Waals surface area contributed by atoms with Crippen LogP contribution in [-0.2, 0) is 32.0 Å². The van der Waals surface area contributed by atoms with Crippen molar-refractivity contribution in [2.45, 2.75) is 98.8 Å². The Kier molecular flexibility index (Phi) is 17.1. The van der Waals surface area contributed by atoms with E-state index in [9.17, 15) is 28.8 Å². The first-order chi connectivity index (χ1) is 31.6. The van der Waals surface area contributed by atoms with Gasteiger partial charge in [-0.25, -0.2) is 0 Å². The van der Waals surface area contributed by atoms with E-state index in [1.54, 1.807) is 38.1 Å². The number of carbonyl (C=O) groups excluding carboxylic acids is 6. The Morgan fingerprint density at radius 1 is 0.515 bits per heavy atom. The van der Waals surface area contributed by atoms with Crippen molar-refractivity contribution < 1.29 is 28.8 Å². The molecule has 0 saturated carbocycles. The average molecular weight is 935 g/mol. The van der Waals surface area contributed by atoms with Gasteiger partial charge in [0.25, 0.3) is 11.8 Å². The summed E-state index contributed by atoms with van der Waals surface area (Å²) in [5.41, 5.74) is 4.67. The molecule has 0 bridgehead atoms. The fraction of sp³-hybridized carbons (Fsp3) is 0.400. The molecule has 350 valence electrons. The summed E-state index contributed by atoms with van der Waals surface area (Å²) in [6, 6.07) is 30.9. The lowest BCUT2D eigenvalue weighted by molar-refractivity contribution is -0.126. The van der Waals surface area contributed by atoms with Crippen molar-refractivity contribution in [3.05, 3.63) is 143 Å². The number of thioether (sulfide) groups is 2. The van der Waals surface area contributed by atoms with Crippen LogP contribution in [0.2, 0.25) is 0 Å². The second-order valence-electron chi connectivity index (χ2n) is 17.4. The van der Waals surface area contributed by atoms with E-state index in [0.717, 1.165) is 22.3 Å². The summed E-state index contributed by atoms with van der Waals surface area (Å²) in [6.45, 7) is 12.2. The van der Waals surface area contributed by atoms with Gasteiger partial charge in [0.1, 0.15) is 24.2 Å². The topological polar surface area (TPSA) is 199 Å². The Morgan fingerprint density at radius 3 is 1.23 bits per heavy atom. The van der Waals surface area contributed by atoms with Gasteiger partial charge in [-0.2, -0.15) is 0 Å². The lowest BCUT2D eigenvalue weighted by Crippen LogP contribution is -2.58. The first-order valence-corrected chi connectivity index (χ1v) is 24.2. The molecule has 8 N–H and O–H groups in total. The Morgan fingerprint density at radius 2 is 0.864 bits per heavy atom. The van der Waals surface area contributed by atoms with E-state index in [1.807, 2.05) is 113 Å². The van der Waals surface area contributed by atoms with E-state index < -0.39 is 56.2 Å². The molecule has 16 heteroatoms. The summed E-state index contributed by atoms with van der Waals surface area (Å²) in [6.07, 6.45) is 1.08. The summed E-state index contributed by atoms with van der Waals surface area (Å²) < 4.78 is -1.36. The van der Waals surface area contributed by atoms with E-state index in [2.05, 4.69) is 42.5 Å². The molecule has 2 aliphatic rings. The molecule has 0 aliphatic carbocycles. The highest BCUT2D eigenvalue weighted by molar-refractivity contribution is 8.01. The molecule has 6 rings (SSSR count). The molecule has 2 fully saturated rings. The molecule has 4 aromatic carbocycles. The molecule has 0 unspecified atom stereocenters. The highest BCUT2D eigenvalue weighted by Gasteiger charge is 2.50. The zero-order valence-corrected chi connectivity index (χ0v) is 40.0. The monoisotopic (exact) mass is 934 g/mol. The number of hydrogen-bond acceptors (Lipinski definition) is 10. The number of nitrogens with one attached hydrogen (secondary N) is 8. The van der Waals surface area contributed by atoms with Crippen LogP contribution in [0.5, 0.6) is 0 Å². The third-order valence-electron chi connectivity index (χ3n) is 11.6. The van der Waals surface area contributed by atoms with Gasteiger partial charge in [0.05, 0.1) is 10.7 Å². The minimum Gasteiger partial charge on any atom is -0.355 e. The van der Waals surface area contributed by atoms with E-state index in [1.165, 1.54) is 23.5 Å². The van der Waals surface area contributed by atoms with E-state index in [0.29, 0.717) is 37.1 Å². The number of carbonyl (C=O) groups is 6. The van der Waals surface area contributed by atoms with Crippen LogP contribution in [0.15, 0.2) is 109 Å². The van der Waals surface area contributed by atoms with E-state index >= 15 is 0 Å². The van der Waals surface area contributed by atoms with Crippen LogP contribution in [0.4, 0.5) is 0 Å². The number of hydrogen-bond donors (Lipinski definition) is 8. The van der Waals surface area contributed by atoms with Gasteiger partial charge in [-0.05, 0) is 88.8 Å². The van der Waals surface area contributed by atoms with E-state index in [-0.39, 0.29) is 36.7 Å². The van der Waals surface area contributed by atoms with Crippen LogP contribution in [0.25, 0.3) is 0 Å². The Balaban J connectivity index is 1.04. The highest BCUT2D eigenvalue weighted by Crippen LogP contribution is 2.40. The molecule has 4 aromatic rings. The largest absolute Gasteiger partial charge is 0.355 e. The maximum absolute atomic E-state index is 13.9. The first kappa shape index (κ1) is 49.7. The fourth-order valence-corrected chi connectivity index (χ4v) is 11.3. The van der Waals surface area contributed by atoms with Crippen molar-refractivity contribution in [3.8, 4) is 0 Å². The third kappa shape index (κ3) is 12.6. The van der Waals surface area contributed by atoms with Crippen molar-refractivity contribution in [3.63, 3.8) is 0 Å². The molecular formula is C50H62N8O6S2. The molecule has 2 saturated heterocycles. The second kappa shape index (κ2) is 22.7. The van der Waals surface area contributed by atoms with Crippen molar-refractivity contribution in [2.75, 3.05) is 26.2 Å². The standard InChI is InChI=1S/C50H62N8O6S2/c1-7-51-43(61)37(55-41(59)35-25-17-15-23-33(35)29-31-19-11-9-12-20-31)47-57-39(49(3,4)65-47)45(63)53-27-28-54-46(64)40-50(5,6)66-48(58-40)38(44(62)52-8-2)56-42(60)36-26-18-16-24-34(36)30-32-21-13-10-14-22-32/h9-26,37-40,47-48,57-58H,7-8,27-30H2,1-6H3,(H,51,61)(H,52,62)(H,53,63)(H,54,64)(H,55,59)(H,56,60)/t37-,38-,39+,40+,47-,48-/m1/s1. The Hall–Kier alpha value is -5.68. The van der Waals surface area contributed by atoms with E-state index in [4.69, 9.17) is 0 Å². The highest BCUT2D eigenvalue weighted by atomic mass is 32.2. The average Bonchev–Trinajstić information content (AvgIpc) is 3.80. The molecule has 14 nitrogen and oxygen atoms in total. The number of likely N-dealkylation sites (N-methyl/N-ethyl adjacent to an activating group) is 2. The summed E-state index contributed by atoms with van der Waals surface area (Å²) in [4.78, 5) is 82.3. The van der Waals surface area contributed by atoms with Crippen LogP contribution < -0.4 is 42.5 Å². The fourth-order valence-electron chi connectivity index (χ4n) is 8.26. The van der Waals surface area contributed by atoms with Crippen LogP contribution in [0, 0.1) is 0 Å². The van der Waals surface area contributed by atoms with Crippen LogP contribution in [0.3, 0.4) is 0 Å². The van der Waals surface area contributed by atoms with Crippen molar-refractivity contribution in [1.29, 1.82) is 0 Å². The molecule has 0 radical (unpaired) electrons. The SMILES string of the molecule is CCNC(=O)[C@@H](NC(=O)c1ccccc1Cc1ccccc1)[C@@H]1N[C@@H](C(=O)NCCNC(=O)[C@@H]2N[C@@H]([C@H](NC(=O)c3ccccc3Cc3ccccc3)C(=O)NCC)SC2(C)C)C(C)(C)S1. The molecule has 0 spiro atoms. The molecule has 6 amide bonds. The second-order valence-corrected chi connectivity index (χ2v) is 21.0. The predicted octanol–water partition coefficient (Wildman–Crippen LogP) is 3.89. The summed E-state index contributed by atoms with van der Waals surface area (Å²) in [7, 11) is 0. The maximum atomic E-state index is 13.9. The van der Waals surface area contributed by atoms with Gasteiger partial charge in [0.15, 0.2) is 0 Å². The van der Waals surface area contributed by atoms with Gasteiger partial charge in [-0.1, -0.05) is 97.1 Å². The normalized spacial score (nSPS) is 20.3. The summed E-state index contributed by atoms with van der Waals surface area (Å²) >= 11 is 2.80. The smallest absolute Gasteiger partial charge is 0.252 e. The van der Waals surface area contributed by atoms with Gasteiger partial charge in [0, 0.05) is 46.8 Å². The van der Waals surface area contributed by atoms with Gasteiger partial charge >= 0.3 is 0 Å². The van der Waals surface area contributed by atoms with Gasteiger partial charge in [0.2, 0.25) is 23.6 Å². The van der Waals surface area contributed by atoms with Crippen LogP contribution >= 0.6 is 23.5 Å². The lowest BCUT2D eigenvalue weighted by Gasteiger charge is -2.25. The van der Waals surface area contributed by atoms with Gasteiger partial charge in [-0.15, -0.1) is 23.5 Å². The minimum absolute atomic E-state index is 0.118. The van der Waals surface area contributed by atoms with Gasteiger partial charge in [-0.3, -0.25) is 39.4 Å². The number of rotatable bonds is 19. The number of amides is 6. The summed E-state index contributed by atoms with van der Waals surface area (Å²) in [5.74, 6) is -2.17. The summed E-state index contributed by atoms with van der Waals surface area (Å²) in [5, 5.41) is 22.8.